The summed E-state index contributed by atoms with van der Waals surface area (Å²) in [5, 5.41) is 3.36. The number of anilines is 1. The van der Waals surface area contributed by atoms with Gasteiger partial charge in [-0.05, 0) is 48.0 Å². The molecule has 2 aromatic carbocycles. The smallest absolute Gasteiger partial charge is 0.330 e. The van der Waals surface area contributed by atoms with E-state index >= 15 is 0 Å². The molecule has 26 heavy (non-hydrogen) atoms. The van der Waals surface area contributed by atoms with Gasteiger partial charge >= 0.3 is 5.97 Å². The number of benzene rings is 2. The molecular weight excluding hydrogens is 324 g/mol. The lowest BCUT2D eigenvalue weighted by Crippen LogP contribution is -2.43. The molecule has 0 radical (unpaired) electrons. The monoisotopic (exact) mass is 346 g/mol. The van der Waals surface area contributed by atoms with E-state index in [0.29, 0.717) is 0 Å². The summed E-state index contributed by atoms with van der Waals surface area (Å²) < 4.78 is 4.58. The molecule has 4 nitrogen and oxygen atoms in total. The van der Waals surface area contributed by atoms with E-state index in [-0.39, 0.29) is 5.97 Å². The van der Waals surface area contributed by atoms with Crippen LogP contribution in [0.25, 0.3) is 6.08 Å². The number of rotatable bonds is 3. The molecule has 2 aromatic rings. The third kappa shape index (κ3) is 4.98. The summed E-state index contributed by atoms with van der Waals surface area (Å²) in [6.45, 7) is 4.16. The minimum absolute atomic E-state index is 0.363. The van der Waals surface area contributed by atoms with Crippen LogP contribution in [0, 0.1) is 11.8 Å². The minimum Gasteiger partial charge on any atom is -0.466 e. The zero-order chi connectivity index (χ0) is 18.2. The molecule has 1 heterocycles. The van der Waals surface area contributed by atoms with Gasteiger partial charge in [-0.2, -0.15) is 0 Å². The number of esters is 1. The van der Waals surface area contributed by atoms with Crippen LogP contribution >= 0.6 is 0 Å². The van der Waals surface area contributed by atoms with E-state index in [1.54, 1.807) is 6.08 Å². The third-order valence-corrected chi connectivity index (χ3v) is 4.22. The molecule has 0 aliphatic carbocycles. The fraction of sp³-hybridized carbons (Fsp3) is 0.227. The zero-order valence-corrected chi connectivity index (χ0v) is 14.9. The van der Waals surface area contributed by atoms with E-state index in [1.807, 2.05) is 24.3 Å². The van der Waals surface area contributed by atoms with Crippen LogP contribution in [-0.2, 0) is 9.53 Å². The molecule has 4 heteroatoms. The molecule has 0 spiro atoms. The molecular formula is C22H22N2O2. The first-order valence-corrected chi connectivity index (χ1v) is 8.68. The van der Waals surface area contributed by atoms with E-state index in [2.05, 4.69) is 51.1 Å². The van der Waals surface area contributed by atoms with Gasteiger partial charge in [-0.25, -0.2) is 4.79 Å². The van der Waals surface area contributed by atoms with Gasteiger partial charge in [0.05, 0.1) is 7.11 Å². The Bertz CT molecular complexity index is 821. The maximum atomic E-state index is 11.1. The molecule has 0 saturated carbocycles. The van der Waals surface area contributed by atoms with Crippen molar-refractivity contribution in [2.75, 3.05) is 38.2 Å². The molecule has 132 valence electrons. The van der Waals surface area contributed by atoms with Gasteiger partial charge in [-0.15, -0.1) is 0 Å². The van der Waals surface area contributed by atoms with Crippen molar-refractivity contribution < 1.29 is 9.53 Å². The summed E-state index contributed by atoms with van der Waals surface area (Å²) in [5.41, 5.74) is 4.12. The van der Waals surface area contributed by atoms with Gasteiger partial charge in [-0.3, -0.25) is 0 Å². The predicted octanol–water partition coefficient (Wildman–Crippen LogP) is 2.68. The van der Waals surface area contributed by atoms with Crippen molar-refractivity contribution in [1.29, 1.82) is 0 Å². The van der Waals surface area contributed by atoms with Gasteiger partial charge in [0.1, 0.15) is 0 Å². The van der Waals surface area contributed by atoms with Crippen LogP contribution in [0.3, 0.4) is 0 Å². The van der Waals surface area contributed by atoms with Gasteiger partial charge < -0.3 is 15.0 Å². The van der Waals surface area contributed by atoms with Gasteiger partial charge in [0, 0.05) is 49.1 Å². The Hall–Kier alpha value is -3.03. The number of carbonyl (C=O) groups is 1. The van der Waals surface area contributed by atoms with Crippen LogP contribution in [0.1, 0.15) is 16.7 Å². The molecule has 0 bridgehead atoms. The molecule has 0 amide bonds. The average molecular weight is 346 g/mol. The Balaban J connectivity index is 1.63. The summed E-state index contributed by atoms with van der Waals surface area (Å²) in [6.07, 6.45) is 3.12. The highest BCUT2D eigenvalue weighted by molar-refractivity contribution is 5.86. The van der Waals surface area contributed by atoms with Gasteiger partial charge in [0.25, 0.3) is 0 Å². The number of methoxy groups -OCH3 is 1. The average Bonchev–Trinajstić information content (AvgIpc) is 2.72. The van der Waals surface area contributed by atoms with Crippen molar-refractivity contribution in [3.63, 3.8) is 0 Å². The second kappa shape index (κ2) is 8.89. The van der Waals surface area contributed by atoms with Crippen LogP contribution in [0.5, 0.6) is 0 Å². The summed E-state index contributed by atoms with van der Waals surface area (Å²) >= 11 is 0. The molecule has 1 saturated heterocycles. The first-order chi connectivity index (χ1) is 12.7. The van der Waals surface area contributed by atoms with Gasteiger partial charge in [0.2, 0.25) is 0 Å². The van der Waals surface area contributed by atoms with E-state index in [0.717, 1.165) is 42.9 Å². The number of nitrogens with zero attached hydrogens (tertiary/aromatic N) is 1. The lowest BCUT2D eigenvalue weighted by Gasteiger charge is -2.29. The SMILES string of the molecule is COC(=O)C=Cc1ccc(C#Cc2ccc(N3CCNCC3)cc2)cc1. The number of hydrogen-bond acceptors (Lipinski definition) is 4. The lowest BCUT2D eigenvalue weighted by atomic mass is 10.1. The van der Waals surface area contributed by atoms with Crippen molar-refractivity contribution in [3.8, 4) is 11.8 Å². The second-order valence-electron chi connectivity index (χ2n) is 6.01. The Morgan fingerprint density at radius 2 is 1.58 bits per heavy atom. The number of ether oxygens (including phenoxy) is 1. The van der Waals surface area contributed by atoms with E-state index in [1.165, 1.54) is 18.9 Å². The number of hydrogen-bond donors (Lipinski definition) is 1. The largest absolute Gasteiger partial charge is 0.466 e. The van der Waals surface area contributed by atoms with E-state index in [4.69, 9.17) is 0 Å². The van der Waals surface area contributed by atoms with Crippen molar-refractivity contribution in [3.05, 3.63) is 71.3 Å². The third-order valence-electron chi connectivity index (χ3n) is 4.22. The normalized spacial score (nSPS) is 14.0. The summed E-state index contributed by atoms with van der Waals surface area (Å²) in [6, 6.07) is 16.1. The van der Waals surface area contributed by atoms with Crippen molar-refractivity contribution >= 4 is 17.7 Å². The highest BCUT2D eigenvalue weighted by atomic mass is 16.5. The molecule has 1 aliphatic rings. The molecule has 1 aliphatic heterocycles. The number of carbonyl (C=O) groups excluding carboxylic acids is 1. The first-order valence-electron chi connectivity index (χ1n) is 8.68. The first kappa shape index (κ1) is 17.8. The highest BCUT2D eigenvalue weighted by Crippen LogP contribution is 2.15. The Kier molecular flexibility index (Phi) is 6.08. The number of nitrogens with one attached hydrogen (secondary N) is 1. The maximum Gasteiger partial charge on any atom is 0.330 e. The Morgan fingerprint density at radius 3 is 2.15 bits per heavy atom. The molecule has 3 rings (SSSR count). The predicted molar refractivity (Wildman–Crippen MR) is 105 cm³/mol. The molecule has 0 aromatic heterocycles. The summed E-state index contributed by atoms with van der Waals surface area (Å²) in [7, 11) is 1.36. The molecule has 0 unspecified atom stereocenters. The fourth-order valence-corrected chi connectivity index (χ4v) is 2.73. The van der Waals surface area contributed by atoms with Crippen molar-refractivity contribution in [1.82, 2.24) is 5.32 Å². The Labute approximate surface area is 154 Å². The van der Waals surface area contributed by atoms with Crippen LogP contribution in [-0.4, -0.2) is 39.3 Å². The van der Waals surface area contributed by atoms with E-state index in [9.17, 15) is 4.79 Å². The fourth-order valence-electron chi connectivity index (χ4n) is 2.73. The Morgan fingerprint density at radius 1 is 1.00 bits per heavy atom. The van der Waals surface area contributed by atoms with Crippen molar-refractivity contribution in [2.24, 2.45) is 0 Å². The topological polar surface area (TPSA) is 41.6 Å². The molecule has 0 atom stereocenters. The standard InChI is InChI=1S/C22H22N2O2/c1-26-22(25)13-10-19-5-2-18(3-6-19)4-7-20-8-11-21(12-9-20)24-16-14-23-15-17-24/h2-3,5-6,8-13,23H,14-17H2,1H3. The van der Waals surface area contributed by atoms with Crippen molar-refractivity contribution in [2.45, 2.75) is 0 Å². The number of piperazine rings is 1. The summed E-state index contributed by atoms with van der Waals surface area (Å²) in [4.78, 5) is 13.5. The molecule has 1 N–H and O–H groups in total. The zero-order valence-electron chi connectivity index (χ0n) is 14.9. The lowest BCUT2D eigenvalue weighted by molar-refractivity contribution is -0.134. The second-order valence-corrected chi connectivity index (χ2v) is 6.01. The van der Waals surface area contributed by atoms with Gasteiger partial charge in [-0.1, -0.05) is 24.0 Å². The highest BCUT2D eigenvalue weighted by Gasteiger charge is 2.09. The quantitative estimate of drug-likeness (QED) is 0.527. The van der Waals surface area contributed by atoms with Crippen LogP contribution in [0.2, 0.25) is 0 Å². The van der Waals surface area contributed by atoms with Gasteiger partial charge in [0.15, 0.2) is 0 Å². The summed E-state index contributed by atoms with van der Waals surface area (Å²) in [5.74, 6) is 6.01. The van der Waals surface area contributed by atoms with Crippen LogP contribution < -0.4 is 10.2 Å². The van der Waals surface area contributed by atoms with Crippen LogP contribution in [0.15, 0.2) is 54.6 Å². The minimum atomic E-state index is -0.363. The van der Waals surface area contributed by atoms with Crippen LogP contribution in [0.4, 0.5) is 5.69 Å². The van der Waals surface area contributed by atoms with E-state index < -0.39 is 0 Å². The molecule has 1 fully saturated rings. The maximum absolute atomic E-state index is 11.1.